The van der Waals surface area contributed by atoms with Crippen LogP contribution in [0.3, 0.4) is 0 Å². The summed E-state index contributed by atoms with van der Waals surface area (Å²) in [6, 6.07) is 14.0. The molecular formula is C21H27N3O5. The Bertz CT molecular complexity index is 774. The van der Waals surface area contributed by atoms with Gasteiger partial charge < -0.3 is 14.6 Å². The van der Waals surface area contributed by atoms with Crippen molar-refractivity contribution in [3.8, 4) is 11.5 Å². The minimum atomic E-state index is -0.613. The minimum absolute atomic E-state index is 0.0189. The van der Waals surface area contributed by atoms with Gasteiger partial charge in [0.15, 0.2) is 0 Å². The number of piperazine rings is 1. The van der Waals surface area contributed by atoms with Crippen molar-refractivity contribution in [1.82, 2.24) is 9.80 Å². The quantitative estimate of drug-likeness (QED) is 0.509. The standard InChI is InChI=1S/C21H27N3O5/c1-28-20-6-2-17(3-7-20)14-22-10-12-23(13-11-22)15-19(25)16-29-21-8-4-18(5-9-21)24(26)27/h2-9,19,25H,10-16H2,1H3. The van der Waals surface area contributed by atoms with E-state index in [9.17, 15) is 15.2 Å². The van der Waals surface area contributed by atoms with Crippen molar-refractivity contribution >= 4 is 5.69 Å². The summed E-state index contributed by atoms with van der Waals surface area (Å²) in [6.45, 7) is 5.29. The van der Waals surface area contributed by atoms with Gasteiger partial charge in [-0.05, 0) is 29.8 Å². The van der Waals surface area contributed by atoms with Gasteiger partial charge in [0, 0.05) is 51.4 Å². The molecule has 8 heteroatoms. The number of nitro groups is 1. The zero-order chi connectivity index (χ0) is 20.6. The number of non-ortho nitro benzene ring substituents is 1. The molecule has 0 aromatic heterocycles. The van der Waals surface area contributed by atoms with Crippen LogP contribution in [0.1, 0.15) is 5.56 Å². The molecule has 1 saturated heterocycles. The molecule has 0 radical (unpaired) electrons. The molecule has 1 N–H and O–H groups in total. The normalized spacial score (nSPS) is 16.3. The Kier molecular flexibility index (Phi) is 7.40. The van der Waals surface area contributed by atoms with Crippen molar-refractivity contribution in [2.45, 2.75) is 12.6 Å². The summed E-state index contributed by atoms with van der Waals surface area (Å²) in [7, 11) is 1.67. The fourth-order valence-corrected chi connectivity index (χ4v) is 3.33. The molecule has 0 spiro atoms. The largest absolute Gasteiger partial charge is 0.497 e. The van der Waals surface area contributed by atoms with E-state index >= 15 is 0 Å². The number of nitro benzene ring substituents is 1. The highest BCUT2D eigenvalue weighted by Gasteiger charge is 2.19. The third kappa shape index (κ3) is 6.42. The first kappa shape index (κ1) is 21.0. The highest BCUT2D eigenvalue weighted by Crippen LogP contribution is 2.18. The molecule has 3 rings (SSSR count). The highest BCUT2D eigenvalue weighted by atomic mass is 16.6. The van der Waals surface area contributed by atoms with Crippen LogP contribution in [-0.4, -0.2) is 72.4 Å². The lowest BCUT2D eigenvalue weighted by Gasteiger charge is -2.35. The lowest BCUT2D eigenvalue weighted by molar-refractivity contribution is -0.384. The molecule has 0 bridgehead atoms. The maximum absolute atomic E-state index is 10.7. The molecular weight excluding hydrogens is 374 g/mol. The Morgan fingerprint density at radius 1 is 1.00 bits per heavy atom. The number of hydrogen-bond acceptors (Lipinski definition) is 7. The Labute approximate surface area is 170 Å². The summed E-state index contributed by atoms with van der Waals surface area (Å²) in [5, 5.41) is 20.9. The van der Waals surface area contributed by atoms with Gasteiger partial charge in [0.05, 0.1) is 12.0 Å². The average molecular weight is 401 g/mol. The molecule has 1 unspecified atom stereocenters. The number of aliphatic hydroxyl groups excluding tert-OH is 1. The Balaban J connectivity index is 1.36. The zero-order valence-electron chi connectivity index (χ0n) is 16.6. The summed E-state index contributed by atoms with van der Waals surface area (Å²) in [4.78, 5) is 14.8. The molecule has 0 amide bonds. The third-order valence-corrected chi connectivity index (χ3v) is 4.99. The van der Waals surface area contributed by atoms with Crippen LogP contribution >= 0.6 is 0 Å². The Morgan fingerprint density at radius 2 is 1.59 bits per heavy atom. The molecule has 0 aliphatic carbocycles. The summed E-state index contributed by atoms with van der Waals surface area (Å²) in [6.07, 6.45) is -0.613. The van der Waals surface area contributed by atoms with E-state index < -0.39 is 11.0 Å². The molecule has 1 atom stereocenters. The van der Waals surface area contributed by atoms with Gasteiger partial charge in [-0.15, -0.1) is 0 Å². The van der Waals surface area contributed by atoms with Crippen LogP contribution in [0, 0.1) is 10.1 Å². The molecule has 1 aliphatic rings. The van der Waals surface area contributed by atoms with Crippen LogP contribution in [-0.2, 0) is 6.54 Å². The minimum Gasteiger partial charge on any atom is -0.497 e. The highest BCUT2D eigenvalue weighted by molar-refractivity contribution is 5.36. The van der Waals surface area contributed by atoms with E-state index in [0.717, 1.165) is 38.5 Å². The van der Waals surface area contributed by atoms with Gasteiger partial charge in [0.2, 0.25) is 0 Å². The topological polar surface area (TPSA) is 88.3 Å². The fourth-order valence-electron chi connectivity index (χ4n) is 3.33. The first-order chi connectivity index (χ1) is 14.0. The molecule has 156 valence electrons. The molecule has 1 heterocycles. The summed E-state index contributed by atoms with van der Waals surface area (Å²) in [5.74, 6) is 1.38. The van der Waals surface area contributed by atoms with E-state index in [-0.39, 0.29) is 12.3 Å². The molecule has 0 saturated carbocycles. The fraction of sp³-hybridized carbons (Fsp3) is 0.429. The number of rotatable bonds is 9. The third-order valence-electron chi connectivity index (χ3n) is 4.99. The van der Waals surface area contributed by atoms with Crippen molar-refractivity contribution in [3.63, 3.8) is 0 Å². The van der Waals surface area contributed by atoms with Crippen molar-refractivity contribution in [3.05, 3.63) is 64.2 Å². The van der Waals surface area contributed by atoms with Crippen LogP contribution in [0.4, 0.5) is 5.69 Å². The SMILES string of the molecule is COc1ccc(CN2CCN(CC(O)COc3ccc([N+](=O)[O-])cc3)CC2)cc1. The van der Waals surface area contributed by atoms with Crippen molar-refractivity contribution in [2.24, 2.45) is 0 Å². The average Bonchev–Trinajstić information content (AvgIpc) is 2.74. The van der Waals surface area contributed by atoms with Crippen molar-refractivity contribution < 1.29 is 19.5 Å². The van der Waals surface area contributed by atoms with Crippen LogP contribution in [0.5, 0.6) is 11.5 Å². The predicted octanol–water partition coefficient (Wildman–Crippen LogP) is 2.16. The number of aliphatic hydroxyl groups is 1. The summed E-state index contributed by atoms with van der Waals surface area (Å²) < 4.78 is 10.7. The Hall–Kier alpha value is -2.68. The van der Waals surface area contributed by atoms with E-state index in [0.29, 0.717) is 12.3 Å². The van der Waals surface area contributed by atoms with E-state index in [4.69, 9.17) is 9.47 Å². The summed E-state index contributed by atoms with van der Waals surface area (Å²) in [5.41, 5.74) is 1.28. The molecule has 8 nitrogen and oxygen atoms in total. The van der Waals surface area contributed by atoms with Crippen molar-refractivity contribution in [2.75, 3.05) is 46.4 Å². The number of hydrogen-bond donors (Lipinski definition) is 1. The zero-order valence-corrected chi connectivity index (χ0v) is 16.6. The first-order valence-electron chi connectivity index (χ1n) is 9.66. The van der Waals surface area contributed by atoms with E-state index in [1.54, 1.807) is 19.2 Å². The van der Waals surface area contributed by atoms with E-state index in [1.165, 1.54) is 17.7 Å². The van der Waals surface area contributed by atoms with Gasteiger partial charge in [-0.25, -0.2) is 0 Å². The number of methoxy groups -OCH3 is 1. The summed E-state index contributed by atoms with van der Waals surface area (Å²) >= 11 is 0. The van der Waals surface area contributed by atoms with Crippen LogP contribution in [0.15, 0.2) is 48.5 Å². The van der Waals surface area contributed by atoms with Crippen LogP contribution in [0.2, 0.25) is 0 Å². The van der Waals surface area contributed by atoms with Gasteiger partial charge in [-0.2, -0.15) is 0 Å². The molecule has 2 aromatic carbocycles. The second-order valence-electron chi connectivity index (χ2n) is 7.14. The van der Waals surface area contributed by atoms with Gasteiger partial charge in [0.25, 0.3) is 5.69 Å². The smallest absolute Gasteiger partial charge is 0.269 e. The van der Waals surface area contributed by atoms with Crippen molar-refractivity contribution in [1.29, 1.82) is 0 Å². The van der Waals surface area contributed by atoms with Gasteiger partial charge in [-0.3, -0.25) is 19.9 Å². The lowest BCUT2D eigenvalue weighted by Crippen LogP contribution is -2.48. The van der Waals surface area contributed by atoms with E-state index in [2.05, 4.69) is 21.9 Å². The number of benzene rings is 2. The van der Waals surface area contributed by atoms with Gasteiger partial charge >= 0.3 is 0 Å². The molecule has 2 aromatic rings. The molecule has 29 heavy (non-hydrogen) atoms. The number of ether oxygens (including phenoxy) is 2. The monoisotopic (exact) mass is 401 g/mol. The number of nitrogens with zero attached hydrogens (tertiary/aromatic N) is 3. The van der Waals surface area contributed by atoms with Gasteiger partial charge in [0.1, 0.15) is 24.2 Å². The maximum Gasteiger partial charge on any atom is 0.269 e. The second kappa shape index (κ2) is 10.2. The maximum atomic E-state index is 10.7. The van der Waals surface area contributed by atoms with Crippen LogP contribution < -0.4 is 9.47 Å². The second-order valence-corrected chi connectivity index (χ2v) is 7.14. The Morgan fingerprint density at radius 3 is 2.17 bits per heavy atom. The van der Waals surface area contributed by atoms with Crippen LogP contribution in [0.25, 0.3) is 0 Å². The predicted molar refractivity (Wildman–Crippen MR) is 109 cm³/mol. The van der Waals surface area contributed by atoms with E-state index in [1.807, 2.05) is 12.1 Å². The van der Waals surface area contributed by atoms with Gasteiger partial charge in [-0.1, -0.05) is 12.1 Å². The molecule has 1 fully saturated rings. The number of β-amino-alcohol motifs (C(OH)–C–C–N with tert-alkyl or cyclic N) is 1. The molecule has 1 aliphatic heterocycles. The first-order valence-corrected chi connectivity index (χ1v) is 9.66. The lowest BCUT2D eigenvalue weighted by atomic mass is 10.2.